The van der Waals surface area contributed by atoms with E-state index in [9.17, 15) is 17.6 Å². The number of methoxy groups -OCH3 is 1. The van der Waals surface area contributed by atoms with E-state index in [0.29, 0.717) is 17.6 Å². The molecule has 156 valence electrons. The lowest BCUT2D eigenvalue weighted by atomic mass is 10.2. The van der Waals surface area contributed by atoms with Gasteiger partial charge in [0.25, 0.3) is 0 Å². The van der Waals surface area contributed by atoms with Crippen molar-refractivity contribution in [3.8, 4) is 11.5 Å². The monoisotopic (exact) mass is 429 g/mol. The molecule has 1 aromatic heterocycles. The number of alkyl halides is 4. The van der Waals surface area contributed by atoms with Crippen LogP contribution in [0.2, 0.25) is 0 Å². The van der Waals surface area contributed by atoms with Crippen molar-refractivity contribution in [1.82, 2.24) is 14.0 Å². The highest BCUT2D eigenvalue weighted by Crippen LogP contribution is 2.30. The van der Waals surface area contributed by atoms with Gasteiger partial charge in [0.05, 0.1) is 24.8 Å². The summed E-state index contributed by atoms with van der Waals surface area (Å²) in [6, 6.07) is 11.4. The second kappa shape index (κ2) is 8.83. The highest BCUT2D eigenvalue weighted by Gasteiger charge is 2.18. The lowest BCUT2D eigenvalue weighted by Gasteiger charge is -2.19. The van der Waals surface area contributed by atoms with Crippen molar-refractivity contribution in [2.24, 2.45) is 0 Å². The van der Waals surface area contributed by atoms with Crippen LogP contribution >= 0.6 is 12.2 Å². The minimum Gasteiger partial charge on any atom is -0.493 e. The van der Waals surface area contributed by atoms with Gasteiger partial charge in [-0.3, -0.25) is 9.47 Å². The zero-order valence-electron chi connectivity index (χ0n) is 15.7. The maximum atomic E-state index is 13.5. The lowest BCUT2D eigenvalue weighted by Crippen LogP contribution is -2.22. The Balaban J connectivity index is 1.84. The average Bonchev–Trinajstić information content (AvgIpc) is 2.94. The first-order valence-electron chi connectivity index (χ1n) is 8.60. The molecule has 0 amide bonds. The molecule has 0 unspecified atom stereocenters. The maximum absolute atomic E-state index is 13.5. The molecular weight excluding hydrogens is 410 g/mol. The summed E-state index contributed by atoms with van der Waals surface area (Å²) in [5.41, 5.74) is 1.73. The average molecular weight is 429 g/mol. The van der Waals surface area contributed by atoms with Crippen LogP contribution in [0, 0.1) is 4.77 Å². The second-order valence-electron chi connectivity index (χ2n) is 6.37. The highest BCUT2D eigenvalue weighted by atomic mass is 32.1. The SMILES string of the molecule is COc1cc(CN(C)Cn2c(=S)n(C(F)F)c3ccccc32)ccc1OC(F)F. The van der Waals surface area contributed by atoms with Gasteiger partial charge in [-0.1, -0.05) is 18.2 Å². The molecule has 29 heavy (non-hydrogen) atoms. The predicted molar refractivity (Wildman–Crippen MR) is 103 cm³/mol. The molecule has 5 nitrogen and oxygen atoms in total. The number of halogens is 4. The molecular formula is C19H19F4N3O2S. The molecule has 0 aliphatic heterocycles. The number of hydrogen-bond acceptors (Lipinski definition) is 4. The molecule has 3 aromatic rings. The Morgan fingerprint density at radius 3 is 2.34 bits per heavy atom. The molecule has 0 fully saturated rings. The number of fused-ring (bicyclic) bond motifs is 1. The summed E-state index contributed by atoms with van der Waals surface area (Å²) < 4.78 is 63.8. The van der Waals surface area contributed by atoms with E-state index in [4.69, 9.17) is 17.0 Å². The van der Waals surface area contributed by atoms with Crippen molar-refractivity contribution in [2.45, 2.75) is 26.4 Å². The number of nitrogens with zero attached hydrogens (tertiary/aromatic N) is 3. The molecule has 10 heteroatoms. The van der Waals surface area contributed by atoms with Gasteiger partial charge in [-0.05, 0) is 49.1 Å². The molecule has 2 aromatic carbocycles. The van der Waals surface area contributed by atoms with E-state index in [-0.39, 0.29) is 22.9 Å². The van der Waals surface area contributed by atoms with Crippen LogP contribution in [-0.4, -0.2) is 34.8 Å². The fourth-order valence-corrected chi connectivity index (χ4v) is 3.50. The Morgan fingerprint density at radius 1 is 1.03 bits per heavy atom. The topological polar surface area (TPSA) is 31.6 Å². The number of rotatable bonds is 8. The van der Waals surface area contributed by atoms with Crippen molar-refractivity contribution >= 4 is 23.3 Å². The van der Waals surface area contributed by atoms with E-state index in [0.717, 1.165) is 10.1 Å². The van der Waals surface area contributed by atoms with Crippen molar-refractivity contribution in [1.29, 1.82) is 0 Å². The minimum atomic E-state index is -2.95. The standard InChI is InChI=1S/C19H19F4N3O2S/c1-24(10-12-7-8-15(28-18(22)23)16(9-12)27-2)11-25-13-5-3-4-6-14(13)26(17(20)21)19(25)29/h3-9,17-18H,10-11H2,1-2H3. The van der Waals surface area contributed by atoms with Crippen LogP contribution < -0.4 is 9.47 Å². The molecule has 0 saturated heterocycles. The summed E-state index contributed by atoms with van der Waals surface area (Å²) in [7, 11) is 3.16. The zero-order chi connectivity index (χ0) is 21.1. The summed E-state index contributed by atoms with van der Waals surface area (Å²) in [4.78, 5) is 1.86. The number of imidazole rings is 1. The van der Waals surface area contributed by atoms with Crippen molar-refractivity contribution in [2.75, 3.05) is 14.2 Å². The Hall–Kier alpha value is -2.59. The van der Waals surface area contributed by atoms with Crippen LogP contribution in [0.15, 0.2) is 42.5 Å². The van der Waals surface area contributed by atoms with Gasteiger partial charge in [-0.25, -0.2) is 0 Å². The predicted octanol–water partition coefficient (Wildman–Crippen LogP) is 5.27. The van der Waals surface area contributed by atoms with Gasteiger partial charge in [0, 0.05) is 6.54 Å². The van der Waals surface area contributed by atoms with E-state index in [1.165, 1.54) is 13.2 Å². The third-order valence-corrected chi connectivity index (χ3v) is 4.76. The second-order valence-corrected chi connectivity index (χ2v) is 6.73. The minimum absolute atomic E-state index is 0.0197. The maximum Gasteiger partial charge on any atom is 0.387 e. The van der Waals surface area contributed by atoms with Gasteiger partial charge in [0.2, 0.25) is 0 Å². The number of hydrogen-bond donors (Lipinski definition) is 0. The van der Waals surface area contributed by atoms with Crippen LogP contribution in [0.1, 0.15) is 12.1 Å². The van der Waals surface area contributed by atoms with Crippen LogP contribution in [-0.2, 0) is 13.2 Å². The third kappa shape index (κ3) is 4.54. The molecule has 0 aliphatic rings. The number of ether oxygens (including phenoxy) is 2. The molecule has 1 heterocycles. The summed E-state index contributed by atoms with van der Waals surface area (Å²) in [5.74, 6) is 0.123. The summed E-state index contributed by atoms with van der Waals surface area (Å²) in [6.07, 6.45) is 0. The molecule has 0 bridgehead atoms. The normalized spacial score (nSPS) is 11.8. The summed E-state index contributed by atoms with van der Waals surface area (Å²) in [5, 5.41) is 0. The van der Waals surface area contributed by atoms with E-state index < -0.39 is 13.2 Å². The third-order valence-electron chi connectivity index (χ3n) is 4.34. The molecule has 0 atom stereocenters. The largest absolute Gasteiger partial charge is 0.493 e. The molecule has 0 saturated carbocycles. The van der Waals surface area contributed by atoms with Crippen LogP contribution in [0.4, 0.5) is 17.6 Å². The van der Waals surface area contributed by atoms with Crippen molar-refractivity contribution < 1.29 is 27.0 Å². The van der Waals surface area contributed by atoms with Gasteiger partial charge >= 0.3 is 13.2 Å². The molecule has 0 N–H and O–H groups in total. The van der Waals surface area contributed by atoms with Crippen LogP contribution in [0.25, 0.3) is 11.0 Å². The molecule has 0 aliphatic carbocycles. The van der Waals surface area contributed by atoms with E-state index in [1.807, 2.05) is 4.90 Å². The van der Waals surface area contributed by atoms with Gasteiger partial charge in [-0.15, -0.1) is 0 Å². The fraction of sp³-hybridized carbons (Fsp3) is 0.316. The Bertz CT molecular complexity index is 1050. The van der Waals surface area contributed by atoms with E-state index in [1.54, 1.807) is 48.0 Å². The smallest absolute Gasteiger partial charge is 0.387 e. The van der Waals surface area contributed by atoms with E-state index >= 15 is 0 Å². The van der Waals surface area contributed by atoms with E-state index in [2.05, 4.69) is 4.74 Å². The fourth-order valence-electron chi connectivity index (χ4n) is 3.16. The van der Waals surface area contributed by atoms with Gasteiger partial charge in [0.15, 0.2) is 16.3 Å². The first kappa shape index (κ1) is 21.1. The van der Waals surface area contributed by atoms with Crippen molar-refractivity contribution in [3.05, 3.63) is 52.8 Å². The zero-order valence-corrected chi connectivity index (χ0v) is 16.5. The Kier molecular flexibility index (Phi) is 6.43. The van der Waals surface area contributed by atoms with Crippen molar-refractivity contribution in [3.63, 3.8) is 0 Å². The molecule has 3 rings (SSSR count). The highest BCUT2D eigenvalue weighted by molar-refractivity contribution is 7.71. The Labute approximate surface area is 169 Å². The summed E-state index contributed by atoms with van der Waals surface area (Å²) >= 11 is 5.26. The van der Waals surface area contributed by atoms with Crippen LogP contribution in [0.3, 0.4) is 0 Å². The summed E-state index contributed by atoms with van der Waals surface area (Å²) in [6.45, 7) is -5.03. The first-order valence-corrected chi connectivity index (χ1v) is 9.00. The number of benzene rings is 2. The van der Waals surface area contributed by atoms with Gasteiger partial charge in [0.1, 0.15) is 0 Å². The quantitative estimate of drug-likeness (QED) is 0.361. The Morgan fingerprint density at radius 2 is 1.72 bits per heavy atom. The number of aromatic nitrogens is 2. The van der Waals surface area contributed by atoms with Gasteiger partial charge < -0.3 is 14.0 Å². The van der Waals surface area contributed by atoms with Gasteiger partial charge in [-0.2, -0.15) is 17.6 Å². The number of para-hydroxylation sites is 2. The van der Waals surface area contributed by atoms with Crippen LogP contribution in [0.5, 0.6) is 11.5 Å². The lowest BCUT2D eigenvalue weighted by molar-refractivity contribution is -0.0512. The molecule has 0 radical (unpaired) electrons. The molecule has 0 spiro atoms. The first-order chi connectivity index (χ1) is 13.8.